The maximum atomic E-state index is 14.4. The van der Waals surface area contributed by atoms with Gasteiger partial charge >= 0.3 is 5.91 Å². The second-order valence-corrected chi connectivity index (χ2v) is 15.0. The van der Waals surface area contributed by atoms with Gasteiger partial charge in [0.05, 0.1) is 17.8 Å². The summed E-state index contributed by atoms with van der Waals surface area (Å²) in [5.41, 5.74) is 6.80. The molecule has 0 aromatic heterocycles. The molecule has 4 aliphatic heterocycles. The fraction of sp³-hybridized carbons (Fsp3) is 0.415. The summed E-state index contributed by atoms with van der Waals surface area (Å²) in [7, 11) is 0. The van der Waals surface area contributed by atoms with Gasteiger partial charge in [-0.1, -0.05) is 61.7 Å². The molecule has 1 saturated heterocycles. The van der Waals surface area contributed by atoms with Gasteiger partial charge in [0.1, 0.15) is 37.7 Å². The summed E-state index contributed by atoms with van der Waals surface area (Å²) < 4.78 is 26.1. The van der Waals surface area contributed by atoms with Crippen LogP contribution in [0.15, 0.2) is 69.6 Å². The van der Waals surface area contributed by atoms with Gasteiger partial charge in [-0.25, -0.2) is 0 Å². The van der Waals surface area contributed by atoms with E-state index in [1.807, 2.05) is 24.3 Å². The number of nitrogens with two attached hydrogens (primary N) is 1. The van der Waals surface area contributed by atoms with Crippen LogP contribution in [0.2, 0.25) is 0 Å². The molecular formula is C41H41N5O11. The number of rotatable bonds is 5. The first-order valence-electron chi connectivity index (χ1n) is 19.1. The van der Waals surface area contributed by atoms with Crippen molar-refractivity contribution in [3.05, 3.63) is 88.0 Å². The Kier molecular flexibility index (Phi) is 9.50. The number of fused-ring (bicyclic) bond motifs is 7. The maximum Gasteiger partial charge on any atom is 0.302 e. The molecule has 16 heteroatoms. The summed E-state index contributed by atoms with van der Waals surface area (Å²) in [5.74, 6) is -2.54. The average Bonchev–Trinajstić information content (AvgIpc) is 3.64. The second-order valence-electron chi connectivity index (χ2n) is 15.0. The molecule has 3 aromatic rings. The molecule has 2 aliphatic carbocycles. The van der Waals surface area contributed by atoms with Crippen LogP contribution in [0.25, 0.3) is 0 Å². The monoisotopic (exact) mass is 779 g/mol. The molecule has 6 atom stereocenters. The van der Waals surface area contributed by atoms with Gasteiger partial charge in [0, 0.05) is 40.5 Å². The highest BCUT2D eigenvalue weighted by molar-refractivity contribution is 6.72. The minimum atomic E-state index is -1.77. The van der Waals surface area contributed by atoms with Crippen molar-refractivity contribution in [2.75, 3.05) is 31.4 Å². The number of aliphatic hydroxyl groups is 4. The number of hydrogen-bond acceptors (Lipinski definition) is 15. The molecule has 0 radical (unpaired) electrons. The van der Waals surface area contributed by atoms with Crippen LogP contribution in [0.1, 0.15) is 87.4 Å². The molecule has 57 heavy (non-hydrogen) atoms. The van der Waals surface area contributed by atoms with Crippen molar-refractivity contribution in [1.82, 2.24) is 0 Å². The van der Waals surface area contributed by atoms with Crippen LogP contribution in [0.4, 0.5) is 5.69 Å². The summed E-state index contributed by atoms with van der Waals surface area (Å²) in [6.07, 6.45) is -4.02. The minimum absolute atomic E-state index is 0.0216. The summed E-state index contributed by atoms with van der Waals surface area (Å²) in [4.78, 5) is 55.9. The fourth-order valence-corrected chi connectivity index (χ4v) is 9.10. The van der Waals surface area contributed by atoms with Crippen LogP contribution < -0.4 is 20.1 Å². The Morgan fingerprint density at radius 1 is 0.877 bits per heavy atom. The Labute approximate surface area is 326 Å². The van der Waals surface area contributed by atoms with Gasteiger partial charge in [-0.3, -0.25) is 19.4 Å². The number of carbonyl (C=O) groups excluding carboxylic acids is 3. The minimum Gasteiger partial charge on any atom is -0.486 e. The number of nitrogens with zero attached hydrogens (tertiary/aromatic N) is 4. The smallest absolute Gasteiger partial charge is 0.302 e. The van der Waals surface area contributed by atoms with E-state index in [4.69, 9.17) is 24.7 Å². The van der Waals surface area contributed by atoms with Gasteiger partial charge in [0.15, 0.2) is 34.6 Å². The third-order valence-electron chi connectivity index (χ3n) is 11.8. The molecule has 3 aromatic carbocycles. The summed E-state index contributed by atoms with van der Waals surface area (Å²) in [5, 5.41) is 44.3. The first-order valence-corrected chi connectivity index (χ1v) is 19.1. The van der Waals surface area contributed by atoms with Crippen molar-refractivity contribution in [2.45, 2.75) is 80.7 Å². The predicted molar refractivity (Wildman–Crippen MR) is 203 cm³/mol. The Bertz CT molecular complexity index is 2270. The number of para-hydroxylation sites is 1. The molecule has 0 unspecified atom stereocenters. The lowest BCUT2D eigenvalue weighted by atomic mass is 9.76. The highest BCUT2D eigenvalue weighted by atomic mass is 16.7. The second kappa shape index (κ2) is 14.5. The van der Waals surface area contributed by atoms with Crippen molar-refractivity contribution >= 4 is 40.7 Å². The van der Waals surface area contributed by atoms with Crippen LogP contribution in [0.3, 0.4) is 0 Å². The SMILES string of the molecule is NC1=NC(=O)C2=NCN(c3ccccc3[C@H]3CCOC4(CCCCC4)[C@@H]4O[C@H](Oc5c3cc3c(c5OCCO)C(=O)c5ccccc5C3=O)[C@@H](O)[C@H](O)[C@H]4O)C2=N1. The number of ether oxygens (including phenoxy) is 4. The van der Waals surface area contributed by atoms with E-state index < -0.39 is 66.3 Å². The van der Waals surface area contributed by atoms with Gasteiger partial charge in [-0.05, 0) is 37.0 Å². The van der Waals surface area contributed by atoms with Crippen LogP contribution in [-0.4, -0.2) is 118 Å². The molecule has 2 fully saturated rings. The number of benzene rings is 3. The van der Waals surface area contributed by atoms with Gasteiger partial charge in [0.2, 0.25) is 12.2 Å². The summed E-state index contributed by atoms with van der Waals surface area (Å²) >= 11 is 0. The van der Waals surface area contributed by atoms with Crippen molar-refractivity contribution in [3.8, 4) is 11.5 Å². The zero-order chi connectivity index (χ0) is 39.6. The van der Waals surface area contributed by atoms with Crippen LogP contribution in [0, 0.1) is 0 Å². The Balaban J connectivity index is 1.28. The van der Waals surface area contributed by atoms with E-state index in [2.05, 4.69) is 15.0 Å². The van der Waals surface area contributed by atoms with E-state index in [9.17, 15) is 34.8 Å². The van der Waals surface area contributed by atoms with Crippen molar-refractivity contribution in [2.24, 2.45) is 20.7 Å². The molecule has 2 bridgehead atoms. The van der Waals surface area contributed by atoms with E-state index in [0.717, 1.165) is 19.3 Å². The first kappa shape index (κ1) is 37.2. The number of hydrogen-bond donors (Lipinski definition) is 5. The third-order valence-corrected chi connectivity index (χ3v) is 11.8. The molecular weight excluding hydrogens is 738 g/mol. The van der Waals surface area contributed by atoms with E-state index in [0.29, 0.717) is 29.7 Å². The van der Waals surface area contributed by atoms with Gasteiger partial charge < -0.3 is 50.0 Å². The molecule has 6 N–H and O–H groups in total. The highest BCUT2D eigenvalue weighted by Crippen LogP contribution is 2.51. The van der Waals surface area contributed by atoms with Crippen LogP contribution in [0.5, 0.6) is 11.5 Å². The molecule has 1 saturated carbocycles. The molecule has 1 amide bonds. The lowest BCUT2D eigenvalue weighted by molar-refractivity contribution is -0.314. The zero-order valence-corrected chi connectivity index (χ0v) is 30.7. The Morgan fingerprint density at radius 3 is 2.39 bits per heavy atom. The number of amidine groups is 1. The molecule has 1 spiro atoms. The van der Waals surface area contributed by atoms with Crippen molar-refractivity contribution < 1.29 is 53.8 Å². The average molecular weight is 780 g/mol. The Hall–Kier alpha value is -5.36. The number of amides is 1. The van der Waals surface area contributed by atoms with Crippen LogP contribution in [-0.2, 0) is 14.3 Å². The van der Waals surface area contributed by atoms with E-state index in [-0.39, 0.29) is 77.6 Å². The van der Waals surface area contributed by atoms with E-state index in [1.165, 1.54) is 0 Å². The maximum absolute atomic E-state index is 14.4. The van der Waals surface area contributed by atoms with Gasteiger partial charge in [0.25, 0.3) is 0 Å². The molecule has 6 aliphatic rings. The third kappa shape index (κ3) is 6.06. The van der Waals surface area contributed by atoms with Crippen LogP contribution >= 0.6 is 0 Å². The lowest BCUT2D eigenvalue weighted by Gasteiger charge is -2.50. The van der Waals surface area contributed by atoms with Gasteiger partial charge in [-0.2, -0.15) is 9.98 Å². The number of guanidine groups is 1. The van der Waals surface area contributed by atoms with E-state index >= 15 is 0 Å². The summed E-state index contributed by atoms with van der Waals surface area (Å²) in [6.45, 7) is -0.645. The van der Waals surface area contributed by atoms with Crippen molar-refractivity contribution in [1.29, 1.82) is 0 Å². The highest BCUT2D eigenvalue weighted by Gasteiger charge is 2.55. The lowest BCUT2D eigenvalue weighted by Crippen LogP contribution is -2.66. The standard InChI is InChI=1S/C41H41N5O11/c42-40-44-37-28(38(53)45-40)43-19-46(37)26-11-5-4-8-21(26)20-12-16-55-41(13-6-1-7-14-41)36-32(51)31(50)33(52)39(57-36)56-34-24(20)18-25-27(35(34)54-17-15-47)30(49)23-10-3-2-9-22(23)29(25)48/h2-5,8-11,18,20,31-33,36,39,47,50-52H,1,6-7,12-17,19H2,(H2,42,45,53)/t20-,31-,32-,33+,36-,39+/m1/s1. The molecule has 9 rings (SSSR count). The normalized spacial score (nSPS) is 27.8. The number of anilines is 1. The number of carbonyl (C=O) groups is 3. The Morgan fingerprint density at radius 2 is 1.61 bits per heavy atom. The number of aliphatic hydroxyl groups excluding tert-OH is 4. The summed E-state index contributed by atoms with van der Waals surface area (Å²) in [6, 6.07) is 15.4. The molecule has 4 heterocycles. The zero-order valence-electron chi connectivity index (χ0n) is 30.7. The predicted octanol–water partition coefficient (Wildman–Crippen LogP) is 1.75. The van der Waals surface area contributed by atoms with E-state index in [1.54, 1.807) is 35.2 Å². The topological polar surface area (TPSA) is 235 Å². The molecule has 16 nitrogen and oxygen atoms in total. The van der Waals surface area contributed by atoms with Gasteiger partial charge in [-0.15, -0.1) is 0 Å². The number of aliphatic imine (C=N–C) groups is 3. The first-order chi connectivity index (χ1) is 27.6. The number of ketones is 2. The molecule has 296 valence electrons. The largest absolute Gasteiger partial charge is 0.486 e. The quantitative estimate of drug-likeness (QED) is 0.195. The fourth-order valence-electron chi connectivity index (χ4n) is 9.10. The van der Waals surface area contributed by atoms with Crippen molar-refractivity contribution in [3.63, 3.8) is 0 Å².